The summed E-state index contributed by atoms with van der Waals surface area (Å²) < 4.78 is 13.8. The number of hydrogen-bond donors (Lipinski definition) is 1. The van der Waals surface area contributed by atoms with Gasteiger partial charge in [0.25, 0.3) is 0 Å². The molecule has 0 bridgehead atoms. The Morgan fingerprint density at radius 3 is 2.00 bits per heavy atom. The summed E-state index contributed by atoms with van der Waals surface area (Å²) in [5, 5.41) is 9.27. The molecule has 1 unspecified atom stereocenters. The fourth-order valence-corrected chi connectivity index (χ4v) is 3.73. The van der Waals surface area contributed by atoms with Crippen molar-refractivity contribution in [3.05, 3.63) is 32.7 Å². The summed E-state index contributed by atoms with van der Waals surface area (Å²) in [6.07, 6.45) is -0.0558. The third-order valence-electron chi connectivity index (χ3n) is 4.31. The molecule has 1 N–H and O–H groups in total. The molecule has 1 atom stereocenters. The highest BCUT2D eigenvalue weighted by atomic mass is 79.9. The smallest absolute Gasteiger partial charge is 0.466 e. The molecule has 0 amide bonds. The maximum absolute atomic E-state index is 11.3. The van der Waals surface area contributed by atoms with Gasteiger partial charge in [-0.25, -0.2) is 0 Å². The molecule has 1 fully saturated rings. The molecule has 0 aliphatic carbocycles. The maximum atomic E-state index is 11.3. The lowest BCUT2D eigenvalue weighted by Crippen LogP contribution is -2.41. The molecule has 1 aliphatic rings. The fraction of sp³-hybridized carbons (Fsp3) is 0.533. The van der Waals surface area contributed by atoms with E-state index in [0.29, 0.717) is 0 Å². The summed E-state index contributed by atoms with van der Waals surface area (Å²) in [4.78, 5) is 11.3. The Labute approximate surface area is 148 Å². The number of hydrogen-bond acceptors (Lipinski definition) is 3. The Bertz CT molecular complexity index is 553. The van der Waals surface area contributed by atoms with Crippen molar-refractivity contribution < 1.29 is 19.2 Å². The van der Waals surface area contributed by atoms with Crippen LogP contribution in [0.3, 0.4) is 0 Å². The van der Waals surface area contributed by atoms with Gasteiger partial charge in [-0.2, -0.15) is 0 Å². The number of carbonyl (C=O) groups is 1. The molecule has 22 heavy (non-hydrogen) atoms. The average molecular weight is 434 g/mol. The van der Waals surface area contributed by atoms with Crippen LogP contribution in [0.2, 0.25) is 0 Å². The van der Waals surface area contributed by atoms with Crippen molar-refractivity contribution in [3.8, 4) is 0 Å². The van der Waals surface area contributed by atoms with E-state index in [0.717, 1.165) is 14.5 Å². The third-order valence-corrected chi connectivity index (χ3v) is 5.22. The lowest BCUT2D eigenvalue weighted by Gasteiger charge is -2.32. The van der Waals surface area contributed by atoms with Crippen LogP contribution in [-0.4, -0.2) is 29.4 Å². The summed E-state index contributed by atoms with van der Waals surface area (Å²) in [7, 11) is -0.595. The van der Waals surface area contributed by atoms with Gasteiger partial charge in [0.1, 0.15) is 0 Å². The topological polar surface area (TPSA) is 55.8 Å². The minimum absolute atomic E-state index is 0.0558. The molecule has 0 radical (unpaired) electrons. The zero-order valence-electron chi connectivity index (χ0n) is 13.0. The minimum Gasteiger partial charge on any atom is -0.481 e. The van der Waals surface area contributed by atoms with Gasteiger partial charge < -0.3 is 14.4 Å². The van der Waals surface area contributed by atoms with Crippen LogP contribution in [0.5, 0.6) is 0 Å². The molecule has 0 saturated carbocycles. The molecule has 1 heterocycles. The molecule has 4 nitrogen and oxygen atoms in total. The van der Waals surface area contributed by atoms with Crippen molar-refractivity contribution in [2.45, 2.75) is 51.1 Å². The second-order valence-corrected chi connectivity index (χ2v) is 8.36. The quantitative estimate of drug-likeness (QED) is 0.715. The monoisotopic (exact) mass is 432 g/mol. The van der Waals surface area contributed by atoms with E-state index in [9.17, 15) is 9.90 Å². The van der Waals surface area contributed by atoms with Crippen LogP contribution >= 0.6 is 31.9 Å². The van der Waals surface area contributed by atoms with Crippen molar-refractivity contribution in [3.63, 3.8) is 0 Å². The van der Waals surface area contributed by atoms with Gasteiger partial charge in [-0.1, -0.05) is 31.9 Å². The van der Waals surface area contributed by atoms with E-state index in [1.807, 2.05) is 45.9 Å². The van der Waals surface area contributed by atoms with Crippen LogP contribution in [0.25, 0.3) is 0 Å². The van der Waals surface area contributed by atoms with Crippen molar-refractivity contribution >= 4 is 44.9 Å². The molecule has 7 heteroatoms. The van der Waals surface area contributed by atoms with E-state index in [1.165, 1.54) is 0 Å². The molecule has 1 aliphatic heterocycles. The van der Waals surface area contributed by atoms with E-state index in [2.05, 4.69) is 31.9 Å². The van der Waals surface area contributed by atoms with Crippen LogP contribution in [0.15, 0.2) is 27.1 Å². The van der Waals surface area contributed by atoms with Crippen LogP contribution in [-0.2, 0) is 14.1 Å². The van der Waals surface area contributed by atoms with E-state index in [4.69, 9.17) is 9.31 Å². The number of aliphatic carboxylic acids is 1. The van der Waals surface area contributed by atoms with Crippen LogP contribution in [0, 0.1) is 0 Å². The molecule has 120 valence electrons. The van der Waals surface area contributed by atoms with Crippen LogP contribution in [0.1, 0.15) is 45.5 Å². The van der Waals surface area contributed by atoms with E-state index in [1.54, 1.807) is 0 Å². The Kier molecular flexibility index (Phi) is 5.12. The summed E-state index contributed by atoms with van der Waals surface area (Å²) in [5.41, 5.74) is -0.114. The highest BCUT2D eigenvalue weighted by molar-refractivity contribution is 9.11. The summed E-state index contributed by atoms with van der Waals surface area (Å²) >= 11 is 6.88. The lowest BCUT2D eigenvalue weighted by molar-refractivity contribution is -0.137. The van der Waals surface area contributed by atoms with Gasteiger partial charge in [-0.05, 0) is 51.5 Å². The van der Waals surface area contributed by atoms with Crippen molar-refractivity contribution in [2.75, 3.05) is 0 Å². The van der Waals surface area contributed by atoms with Gasteiger partial charge in [0.2, 0.25) is 0 Å². The highest BCUT2D eigenvalue weighted by Gasteiger charge is 2.54. The predicted molar refractivity (Wildman–Crippen MR) is 92.9 cm³/mol. The molecule has 0 spiro atoms. The highest BCUT2D eigenvalue weighted by Crippen LogP contribution is 2.42. The molecule has 0 aromatic heterocycles. The first kappa shape index (κ1) is 18.0. The Morgan fingerprint density at radius 1 is 1.14 bits per heavy atom. The Balaban J connectivity index is 2.37. The number of carboxylic acids is 1. The first-order valence-electron chi connectivity index (χ1n) is 7.05. The third kappa shape index (κ3) is 3.75. The number of carboxylic acid groups (broad SMARTS) is 1. The summed E-state index contributed by atoms with van der Waals surface area (Å²) in [6, 6.07) is 5.72. The number of halogens is 2. The fourth-order valence-electron chi connectivity index (χ4n) is 2.40. The predicted octanol–water partition coefficient (Wildman–Crippen LogP) is 4.40. The Hall–Kier alpha value is -0.365. The lowest BCUT2D eigenvalue weighted by atomic mass is 9.66. The van der Waals surface area contributed by atoms with E-state index in [-0.39, 0.29) is 12.2 Å². The van der Waals surface area contributed by atoms with Crippen molar-refractivity contribution in [1.82, 2.24) is 0 Å². The Morgan fingerprint density at radius 2 is 1.59 bits per heavy atom. The van der Waals surface area contributed by atoms with Crippen LogP contribution < -0.4 is 0 Å². The first-order valence-corrected chi connectivity index (χ1v) is 8.64. The summed E-state index contributed by atoms with van der Waals surface area (Å²) in [6.45, 7) is 7.84. The second kappa shape index (κ2) is 6.26. The van der Waals surface area contributed by atoms with Crippen molar-refractivity contribution in [2.24, 2.45) is 0 Å². The average Bonchev–Trinajstić information content (AvgIpc) is 2.53. The SMILES string of the molecule is CC1(C)OB(C(CC(=O)O)c2cc(Br)cc(Br)c2)OC1(C)C. The second-order valence-electron chi connectivity index (χ2n) is 6.53. The normalized spacial score (nSPS) is 20.9. The van der Waals surface area contributed by atoms with Crippen LogP contribution in [0.4, 0.5) is 0 Å². The van der Waals surface area contributed by atoms with Crippen molar-refractivity contribution in [1.29, 1.82) is 0 Å². The standard InChI is InChI=1S/C15H19BBr2O4/c1-14(2)15(3,4)22-16(21-14)12(8-13(19)20)9-5-10(17)7-11(18)6-9/h5-7,12H,8H2,1-4H3,(H,19,20). The van der Waals surface area contributed by atoms with Gasteiger partial charge in [0, 0.05) is 14.8 Å². The molecular weight excluding hydrogens is 415 g/mol. The molecule has 1 aromatic carbocycles. The molecular formula is C15H19BBr2O4. The number of rotatable bonds is 4. The molecule has 1 aromatic rings. The minimum atomic E-state index is -0.879. The largest absolute Gasteiger partial charge is 0.481 e. The van der Waals surface area contributed by atoms with Gasteiger partial charge in [-0.15, -0.1) is 0 Å². The van der Waals surface area contributed by atoms with Gasteiger partial charge in [0.05, 0.1) is 17.6 Å². The van der Waals surface area contributed by atoms with E-state index >= 15 is 0 Å². The van der Waals surface area contributed by atoms with Gasteiger partial charge in [0.15, 0.2) is 0 Å². The zero-order chi connectivity index (χ0) is 16.7. The first-order chi connectivity index (χ1) is 10.0. The van der Waals surface area contributed by atoms with Gasteiger partial charge in [-0.3, -0.25) is 4.79 Å². The van der Waals surface area contributed by atoms with Gasteiger partial charge >= 0.3 is 13.1 Å². The molecule has 1 saturated heterocycles. The summed E-state index contributed by atoms with van der Waals surface area (Å²) in [5.74, 6) is -1.26. The van der Waals surface area contributed by atoms with E-state index < -0.39 is 24.3 Å². The zero-order valence-corrected chi connectivity index (χ0v) is 16.2. The molecule has 2 rings (SSSR count). The number of benzene rings is 1. The maximum Gasteiger partial charge on any atom is 0.466 e.